The van der Waals surface area contributed by atoms with Crippen molar-refractivity contribution in [3.8, 4) is 0 Å². The molecule has 0 aliphatic carbocycles. The summed E-state index contributed by atoms with van der Waals surface area (Å²) in [4.78, 5) is 10.9. The second-order valence-corrected chi connectivity index (χ2v) is 3.61. The maximum absolute atomic E-state index is 9.43. The van der Waals surface area contributed by atoms with Crippen LogP contribution in [-0.2, 0) is 4.79 Å². The summed E-state index contributed by atoms with van der Waals surface area (Å²) in [6.45, 7) is 2.23. The number of nitrogens with zero attached hydrogens (tertiary/aromatic N) is 1. The third-order valence-corrected chi connectivity index (χ3v) is 1.76. The van der Waals surface area contributed by atoms with Crippen molar-refractivity contribution in [2.24, 2.45) is 0 Å². The molecule has 2 nitrogen and oxygen atoms in total. The van der Waals surface area contributed by atoms with Crippen LogP contribution in [0.1, 0.15) is 32.6 Å². The van der Waals surface area contributed by atoms with E-state index in [2.05, 4.69) is 22.9 Å². The van der Waals surface area contributed by atoms with Gasteiger partial charge in [0.25, 0.3) is 0 Å². The molecule has 0 bridgehead atoms. The molecule has 0 radical (unpaired) electrons. The number of carbonyl (C=O) groups is 1. The minimum absolute atomic E-state index is 0.750. The van der Waals surface area contributed by atoms with Crippen LogP contribution in [0.3, 0.4) is 0 Å². The zero-order valence-electron chi connectivity index (χ0n) is 8.35. The number of unbranched alkanes of at least 4 members (excludes halogenated alkanes) is 3. The first-order valence-corrected chi connectivity index (χ1v) is 5.48. The van der Waals surface area contributed by atoms with Crippen LogP contribution >= 0.6 is 15.9 Å². The zero-order valence-corrected chi connectivity index (χ0v) is 9.93. The fraction of sp³-hybridized carbons (Fsp3) is 0.889. The Kier molecular flexibility index (Phi) is 16.3. The molecule has 0 unspecified atom stereocenters. The van der Waals surface area contributed by atoms with Crippen LogP contribution in [0.2, 0.25) is 0 Å². The van der Waals surface area contributed by atoms with Crippen LogP contribution in [0.5, 0.6) is 0 Å². The average Bonchev–Trinajstić information content (AvgIpc) is 2.07. The molecular weight excluding hydrogens is 218 g/mol. The molecule has 0 spiro atoms. The number of alkyl halides is 1. The summed E-state index contributed by atoms with van der Waals surface area (Å²) in [6, 6.07) is 0. The molecule has 0 N–H and O–H groups in total. The van der Waals surface area contributed by atoms with E-state index in [0.717, 1.165) is 6.41 Å². The molecule has 0 fully saturated rings. The summed E-state index contributed by atoms with van der Waals surface area (Å²) in [7, 11) is 3.38. The van der Waals surface area contributed by atoms with E-state index in [1.807, 2.05) is 0 Å². The second kappa shape index (κ2) is 13.5. The molecule has 0 aromatic heterocycles. The second-order valence-electron chi connectivity index (χ2n) is 2.82. The maximum Gasteiger partial charge on any atom is 0.209 e. The highest BCUT2D eigenvalue weighted by Gasteiger charge is 1.81. The molecule has 3 heteroatoms. The molecule has 0 aliphatic rings. The molecule has 0 heterocycles. The zero-order chi connectivity index (χ0) is 9.82. The molecule has 0 aromatic carbocycles. The van der Waals surface area contributed by atoms with Gasteiger partial charge in [0.05, 0.1) is 0 Å². The fourth-order valence-corrected chi connectivity index (χ4v) is 0.918. The van der Waals surface area contributed by atoms with E-state index in [1.54, 1.807) is 14.1 Å². The Hall–Kier alpha value is -0.0500. The first-order chi connectivity index (χ1) is 5.68. The highest BCUT2D eigenvalue weighted by Crippen LogP contribution is 1.99. The van der Waals surface area contributed by atoms with Gasteiger partial charge in [0, 0.05) is 19.4 Å². The summed E-state index contributed by atoms with van der Waals surface area (Å²) in [5.41, 5.74) is 0. The van der Waals surface area contributed by atoms with Crippen molar-refractivity contribution < 1.29 is 4.79 Å². The Labute approximate surface area is 84.5 Å². The molecule has 0 aromatic rings. The minimum atomic E-state index is 0.750. The lowest BCUT2D eigenvalue weighted by atomic mass is 10.2. The summed E-state index contributed by atoms with van der Waals surface area (Å²) in [6.07, 6.45) is 6.22. The normalized spacial score (nSPS) is 8.33. The van der Waals surface area contributed by atoms with Gasteiger partial charge in [0.2, 0.25) is 6.41 Å². The summed E-state index contributed by atoms with van der Waals surface area (Å²) in [5.74, 6) is 0. The van der Waals surface area contributed by atoms with Crippen molar-refractivity contribution in [2.45, 2.75) is 32.6 Å². The van der Waals surface area contributed by atoms with Gasteiger partial charge in [-0.3, -0.25) is 4.79 Å². The third-order valence-electron chi connectivity index (χ3n) is 1.20. The van der Waals surface area contributed by atoms with Gasteiger partial charge in [-0.2, -0.15) is 0 Å². The van der Waals surface area contributed by atoms with Crippen LogP contribution in [0, 0.1) is 0 Å². The summed E-state index contributed by atoms with van der Waals surface area (Å²) < 4.78 is 0. The Morgan fingerprint density at radius 2 is 1.75 bits per heavy atom. The van der Waals surface area contributed by atoms with Crippen LogP contribution in [0.4, 0.5) is 0 Å². The van der Waals surface area contributed by atoms with Gasteiger partial charge < -0.3 is 4.90 Å². The molecule has 1 amide bonds. The average molecular weight is 238 g/mol. The molecule has 0 atom stereocenters. The lowest BCUT2D eigenvalue weighted by molar-refractivity contribution is -0.115. The number of halogens is 1. The number of hydrogen-bond acceptors (Lipinski definition) is 1. The number of carbonyl (C=O) groups excluding carboxylic acids is 1. The van der Waals surface area contributed by atoms with Gasteiger partial charge >= 0.3 is 0 Å². The summed E-state index contributed by atoms with van der Waals surface area (Å²) >= 11 is 3.38. The van der Waals surface area contributed by atoms with Crippen molar-refractivity contribution in [1.82, 2.24) is 4.90 Å². The Bertz CT molecular complexity index is 82.6. The highest BCUT2D eigenvalue weighted by atomic mass is 79.9. The lowest BCUT2D eigenvalue weighted by Crippen LogP contribution is -2.06. The van der Waals surface area contributed by atoms with E-state index in [0.29, 0.717) is 0 Å². The van der Waals surface area contributed by atoms with Gasteiger partial charge in [-0.15, -0.1) is 0 Å². The number of hydrogen-bond donors (Lipinski definition) is 0. The van der Waals surface area contributed by atoms with E-state index in [1.165, 1.54) is 35.9 Å². The summed E-state index contributed by atoms with van der Waals surface area (Å²) in [5, 5.41) is 1.17. The smallest absolute Gasteiger partial charge is 0.209 e. The van der Waals surface area contributed by atoms with Crippen LogP contribution in [0.25, 0.3) is 0 Å². The van der Waals surface area contributed by atoms with Crippen molar-refractivity contribution >= 4 is 22.3 Å². The predicted octanol–water partition coefficient (Wildman–Crippen LogP) is 2.67. The van der Waals surface area contributed by atoms with Crippen LogP contribution in [-0.4, -0.2) is 30.7 Å². The quantitative estimate of drug-likeness (QED) is 0.409. The van der Waals surface area contributed by atoms with E-state index < -0.39 is 0 Å². The van der Waals surface area contributed by atoms with E-state index >= 15 is 0 Å². The standard InChI is InChI=1S/C6H13Br.C3H7NO/c1-2-3-4-5-6-7;1-4(2)3-5/h2-6H2,1H3;3H,1-2H3. The van der Waals surface area contributed by atoms with E-state index in [9.17, 15) is 4.79 Å². The van der Waals surface area contributed by atoms with Gasteiger partial charge in [-0.25, -0.2) is 0 Å². The molecule has 12 heavy (non-hydrogen) atoms. The monoisotopic (exact) mass is 237 g/mol. The first-order valence-electron chi connectivity index (χ1n) is 4.36. The van der Waals surface area contributed by atoms with Crippen LogP contribution in [0.15, 0.2) is 0 Å². The number of amides is 1. The molecule has 0 saturated heterocycles. The van der Waals surface area contributed by atoms with Crippen molar-refractivity contribution in [3.63, 3.8) is 0 Å². The Balaban J connectivity index is 0. The van der Waals surface area contributed by atoms with Gasteiger partial charge in [0.15, 0.2) is 0 Å². The Morgan fingerprint density at radius 1 is 1.25 bits per heavy atom. The first kappa shape index (κ1) is 14.5. The topological polar surface area (TPSA) is 20.3 Å². The predicted molar refractivity (Wildman–Crippen MR) is 57.7 cm³/mol. The van der Waals surface area contributed by atoms with Crippen molar-refractivity contribution in [2.75, 3.05) is 19.4 Å². The molecule has 0 aliphatic heterocycles. The van der Waals surface area contributed by atoms with Gasteiger partial charge in [0.1, 0.15) is 0 Å². The van der Waals surface area contributed by atoms with E-state index in [4.69, 9.17) is 0 Å². The van der Waals surface area contributed by atoms with Crippen molar-refractivity contribution in [1.29, 1.82) is 0 Å². The molecule has 0 saturated carbocycles. The van der Waals surface area contributed by atoms with Gasteiger partial charge in [-0.05, 0) is 6.42 Å². The highest BCUT2D eigenvalue weighted by molar-refractivity contribution is 9.09. The van der Waals surface area contributed by atoms with Crippen molar-refractivity contribution in [3.05, 3.63) is 0 Å². The molecular formula is C9H20BrNO. The molecule has 0 rings (SSSR count). The molecule has 74 valence electrons. The van der Waals surface area contributed by atoms with Crippen LogP contribution < -0.4 is 0 Å². The lowest BCUT2D eigenvalue weighted by Gasteiger charge is -1.93. The minimum Gasteiger partial charge on any atom is -0.351 e. The Morgan fingerprint density at radius 3 is 2.00 bits per heavy atom. The SMILES string of the molecule is CCCCCCBr.CN(C)C=O. The number of rotatable bonds is 5. The third kappa shape index (κ3) is 22.5. The van der Waals surface area contributed by atoms with Gasteiger partial charge in [-0.1, -0.05) is 42.1 Å². The maximum atomic E-state index is 9.43. The van der Waals surface area contributed by atoms with E-state index in [-0.39, 0.29) is 0 Å². The fourth-order valence-electron chi connectivity index (χ4n) is 0.521. The largest absolute Gasteiger partial charge is 0.351 e.